The van der Waals surface area contributed by atoms with Crippen LogP contribution in [0.5, 0.6) is 0 Å². The highest BCUT2D eigenvalue weighted by molar-refractivity contribution is 6.24. The first-order valence-electron chi connectivity index (χ1n) is 5.44. The van der Waals surface area contributed by atoms with Gasteiger partial charge < -0.3 is 9.15 Å². The maximum atomic E-state index is 11.6. The summed E-state index contributed by atoms with van der Waals surface area (Å²) in [7, 11) is 0. The molecule has 0 saturated heterocycles. The smallest absolute Gasteiger partial charge is 0.349 e. The lowest BCUT2D eigenvalue weighted by molar-refractivity contribution is -0.134. The Morgan fingerprint density at radius 3 is 2.94 bits per heavy atom. The number of dihydropyridines is 1. The molecule has 0 fully saturated rings. The van der Waals surface area contributed by atoms with Gasteiger partial charge in [-0.15, -0.1) is 0 Å². The minimum Gasteiger partial charge on any atom is -0.465 e. The third-order valence-corrected chi connectivity index (χ3v) is 2.76. The van der Waals surface area contributed by atoms with Crippen LogP contribution in [0.15, 0.2) is 44.7 Å². The lowest BCUT2D eigenvalue weighted by Crippen LogP contribution is -2.15. The summed E-state index contributed by atoms with van der Waals surface area (Å²) in [5.41, 5.74) is 1.30. The number of rotatable bonds is 1. The number of aliphatic imine (C=N–C) groups is 1. The van der Waals surface area contributed by atoms with E-state index < -0.39 is 11.9 Å². The van der Waals surface area contributed by atoms with E-state index >= 15 is 0 Å². The van der Waals surface area contributed by atoms with Crippen LogP contribution < -0.4 is 0 Å². The molecule has 0 bridgehead atoms. The maximum absolute atomic E-state index is 11.6. The zero-order valence-corrected chi connectivity index (χ0v) is 9.60. The molecule has 2 aliphatic rings. The number of hydrogen-bond donors (Lipinski definition) is 0. The largest absolute Gasteiger partial charge is 0.465 e. The Hall–Kier alpha value is -2.43. The van der Waals surface area contributed by atoms with Gasteiger partial charge in [-0.2, -0.15) is 0 Å². The number of hydrogen-bond acceptors (Lipinski definition) is 4. The summed E-state index contributed by atoms with van der Waals surface area (Å²) in [6.07, 6.45) is 3.57. The van der Waals surface area contributed by atoms with Crippen LogP contribution in [0.25, 0.3) is 6.08 Å². The van der Waals surface area contributed by atoms with Gasteiger partial charge in [-0.3, -0.25) is 4.79 Å². The van der Waals surface area contributed by atoms with Crippen LogP contribution >= 0.6 is 0 Å². The van der Waals surface area contributed by atoms with Crippen molar-refractivity contribution in [1.82, 2.24) is 0 Å². The third-order valence-electron chi connectivity index (χ3n) is 2.76. The molecule has 0 spiro atoms. The van der Waals surface area contributed by atoms with Gasteiger partial charge in [-0.25, -0.2) is 9.79 Å². The van der Waals surface area contributed by atoms with E-state index in [4.69, 9.17) is 9.15 Å². The molecular formula is C13H9NO4. The van der Waals surface area contributed by atoms with Crippen molar-refractivity contribution in [2.45, 2.75) is 13.3 Å². The van der Waals surface area contributed by atoms with E-state index in [1.807, 2.05) is 0 Å². The molecule has 0 N–H and O–H groups in total. The molecular weight excluding hydrogens is 234 g/mol. The summed E-state index contributed by atoms with van der Waals surface area (Å²) >= 11 is 0. The third kappa shape index (κ3) is 1.60. The van der Waals surface area contributed by atoms with E-state index in [1.165, 1.54) is 6.26 Å². The van der Waals surface area contributed by atoms with Gasteiger partial charge >= 0.3 is 5.97 Å². The fraction of sp³-hybridized carbons (Fsp3) is 0.154. The molecule has 1 aromatic rings. The van der Waals surface area contributed by atoms with E-state index in [0.717, 1.165) is 0 Å². The number of carbonyl (C=O) groups is 2. The zero-order chi connectivity index (χ0) is 12.7. The molecule has 0 radical (unpaired) electrons. The Morgan fingerprint density at radius 1 is 1.39 bits per heavy atom. The van der Waals surface area contributed by atoms with Gasteiger partial charge in [0.15, 0.2) is 0 Å². The van der Waals surface area contributed by atoms with E-state index in [0.29, 0.717) is 29.2 Å². The van der Waals surface area contributed by atoms with Gasteiger partial charge in [0, 0.05) is 23.8 Å². The minimum absolute atomic E-state index is 0.0402. The van der Waals surface area contributed by atoms with Crippen molar-refractivity contribution < 1.29 is 18.7 Å². The number of carbonyl (C=O) groups excluding carboxylic acids is 2. The van der Waals surface area contributed by atoms with E-state index in [2.05, 4.69) is 4.99 Å². The zero-order valence-electron chi connectivity index (χ0n) is 9.60. The Morgan fingerprint density at radius 2 is 2.22 bits per heavy atom. The van der Waals surface area contributed by atoms with Crippen LogP contribution in [-0.2, 0) is 14.3 Å². The topological polar surface area (TPSA) is 68.9 Å². The van der Waals surface area contributed by atoms with Crippen molar-refractivity contribution in [2.24, 2.45) is 4.99 Å². The molecule has 0 aromatic carbocycles. The molecule has 1 amide bonds. The van der Waals surface area contributed by atoms with Gasteiger partial charge in [-0.05, 0) is 19.1 Å². The first kappa shape index (κ1) is 10.7. The van der Waals surface area contributed by atoms with E-state index in [9.17, 15) is 9.59 Å². The second-order valence-electron chi connectivity index (χ2n) is 4.10. The molecule has 2 aliphatic heterocycles. The van der Waals surface area contributed by atoms with Gasteiger partial charge in [0.25, 0.3) is 5.91 Å². The molecule has 5 heteroatoms. The van der Waals surface area contributed by atoms with Crippen molar-refractivity contribution >= 4 is 23.7 Å². The first-order valence-corrected chi connectivity index (χ1v) is 5.44. The Labute approximate surface area is 102 Å². The highest BCUT2D eigenvalue weighted by atomic mass is 16.5. The molecule has 1 aromatic heterocycles. The van der Waals surface area contributed by atoms with Crippen LogP contribution in [-0.4, -0.2) is 17.6 Å². The summed E-state index contributed by atoms with van der Waals surface area (Å²) in [5.74, 6) is -0.225. The fourth-order valence-electron chi connectivity index (χ4n) is 1.99. The summed E-state index contributed by atoms with van der Waals surface area (Å²) in [5, 5.41) is 0. The van der Waals surface area contributed by atoms with Crippen molar-refractivity contribution in [2.75, 3.05) is 0 Å². The Kier molecular flexibility index (Phi) is 2.26. The van der Waals surface area contributed by atoms with E-state index in [1.54, 1.807) is 25.1 Å². The van der Waals surface area contributed by atoms with Crippen LogP contribution in [0.4, 0.5) is 0 Å². The van der Waals surface area contributed by atoms with Crippen molar-refractivity contribution in [3.05, 3.63) is 41.1 Å². The minimum atomic E-state index is -0.635. The molecule has 0 saturated carbocycles. The van der Waals surface area contributed by atoms with Crippen LogP contribution in [0.1, 0.15) is 19.1 Å². The maximum Gasteiger partial charge on any atom is 0.349 e. The number of cyclic esters (lactones) is 1. The first-order chi connectivity index (χ1) is 8.65. The quantitative estimate of drug-likeness (QED) is 0.557. The number of esters is 1. The number of ether oxygens (including phenoxy) is 1. The molecule has 0 aliphatic carbocycles. The SMILES string of the molecule is CC1=NC(=O)C2=C(C1)/C(=C/c1ccco1)OC2=O. The lowest BCUT2D eigenvalue weighted by atomic mass is 9.99. The fourth-order valence-corrected chi connectivity index (χ4v) is 1.99. The van der Waals surface area contributed by atoms with Crippen molar-refractivity contribution in [1.29, 1.82) is 0 Å². The van der Waals surface area contributed by atoms with E-state index in [-0.39, 0.29) is 5.57 Å². The highest BCUT2D eigenvalue weighted by Crippen LogP contribution is 2.33. The molecule has 18 heavy (non-hydrogen) atoms. The number of amides is 1. The molecule has 5 nitrogen and oxygen atoms in total. The second-order valence-corrected chi connectivity index (χ2v) is 4.10. The monoisotopic (exact) mass is 243 g/mol. The molecule has 0 unspecified atom stereocenters. The molecule has 90 valence electrons. The number of nitrogens with zero attached hydrogens (tertiary/aromatic N) is 1. The van der Waals surface area contributed by atoms with Crippen molar-refractivity contribution in [3.63, 3.8) is 0 Å². The normalized spacial score (nSPS) is 21.2. The van der Waals surface area contributed by atoms with Gasteiger partial charge in [-0.1, -0.05) is 0 Å². The van der Waals surface area contributed by atoms with Crippen LogP contribution in [0.2, 0.25) is 0 Å². The predicted octanol–water partition coefficient (Wildman–Crippen LogP) is 1.87. The van der Waals surface area contributed by atoms with Crippen LogP contribution in [0.3, 0.4) is 0 Å². The number of allylic oxidation sites excluding steroid dienone is 1. The van der Waals surface area contributed by atoms with Gasteiger partial charge in [0.05, 0.1) is 6.26 Å². The predicted molar refractivity (Wildman–Crippen MR) is 62.5 cm³/mol. The molecule has 0 atom stereocenters. The second kappa shape index (κ2) is 3.80. The summed E-state index contributed by atoms with van der Waals surface area (Å²) in [6, 6.07) is 3.47. The summed E-state index contributed by atoms with van der Waals surface area (Å²) < 4.78 is 10.3. The van der Waals surface area contributed by atoms with Crippen LogP contribution in [0, 0.1) is 0 Å². The standard InChI is InChI=1S/C13H9NO4/c1-7-5-9-10(6-8-3-2-4-17-8)18-13(16)11(9)12(15)14-7/h2-4,6H,5H2,1H3/b10-6-. The Bertz CT molecular complexity index is 632. The van der Waals surface area contributed by atoms with Gasteiger partial charge in [0.2, 0.25) is 0 Å². The average Bonchev–Trinajstić information content (AvgIpc) is 2.88. The highest BCUT2D eigenvalue weighted by Gasteiger charge is 2.37. The van der Waals surface area contributed by atoms with Gasteiger partial charge in [0.1, 0.15) is 17.1 Å². The summed E-state index contributed by atoms with van der Waals surface area (Å²) in [6.45, 7) is 1.75. The average molecular weight is 243 g/mol. The summed E-state index contributed by atoms with van der Waals surface area (Å²) in [4.78, 5) is 27.0. The van der Waals surface area contributed by atoms with Crippen molar-refractivity contribution in [3.8, 4) is 0 Å². The molecule has 3 rings (SSSR count). The molecule has 3 heterocycles. The Balaban J connectivity index is 2.06. The number of furan rings is 1. The lowest BCUT2D eigenvalue weighted by Gasteiger charge is -2.07.